The molecule has 0 spiro atoms. The zero-order valence-electron chi connectivity index (χ0n) is 21.8. The van der Waals surface area contributed by atoms with Crippen molar-refractivity contribution in [2.45, 2.75) is 26.7 Å². The zero-order chi connectivity index (χ0) is 27.7. The average Bonchev–Trinajstić information content (AvgIpc) is 3.37. The number of urea groups is 1. The van der Waals surface area contributed by atoms with Crippen LogP contribution in [0.3, 0.4) is 0 Å². The second-order valence-electron chi connectivity index (χ2n) is 9.52. The third-order valence-corrected chi connectivity index (χ3v) is 8.18. The summed E-state index contributed by atoms with van der Waals surface area (Å²) in [5.74, 6) is 0.210. The minimum Gasteiger partial charge on any atom is -0.481 e. The van der Waals surface area contributed by atoms with Crippen LogP contribution in [0.15, 0.2) is 36.9 Å². The van der Waals surface area contributed by atoms with Crippen molar-refractivity contribution in [3.8, 4) is 28.3 Å². The molecule has 0 saturated carbocycles. The Balaban J connectivity index is 1.53. The second kappa shape index (κ2) is 10.4. The fourth-order valence-electron chi connectivity index (χ4n) is 4.52. The highest BCUT2D eigenvalue weighted by Gasteiger charge is 2.37. The number of benzene rings is 1. The first-order valence-corrected chi connectivity index (χ1v) is 13.2. The van der Waals surface area contributed by atoms with Gasteiger partial charge in [0, 0.05) is 49.2 Å². The molecule has 3 aromatic heterocycles. The van der Waals surface area contributed by atoms with Gasteiger partial charge in [0.1, 0.15) is 6.33 Å². The number of hydrogen-bond donors (Lipinski definition) is 2. The standard InChI is InChI=1S/C26H28N8O4S/c1-4-34(23(27)37)25-32-19-10-15(9-17(21(19)39-25)18-11-20(38-3)31-14-30-18)16-12-28-24(29-13-16)33-7-5-26(2,6-8-33)22(35)36/h9-14H,4-8H2,1-3H3,(H2,27,37)(H,35,36). The lowest BCUT2D eigenvalue weighted by Gasteiger charge is -2.36. The number of nitrogens with two attached hydrogens (primary N) is 1. The normalized spacial score (nSPS) is 14.8. The topological polar surface area (TPSA) is 161 Å². The van der Waals surface area contributed by atoms with Crippen LogP contribution < -0.4 is 20.3 Å². The van der Waals surface area contributed by atoms with Crippen molar-refractivity contribution in [1.82, 2.24) is 24.9 Å². The highest BCUT2D eigenvalue weighted by molar-refractivity contribution is 7.23. The van der Waals surface area contributed by atoms with E-state index in [0.717, 1.165) is 21.4 Å². The molecule has 3 N–H and O–H groups in total. The number of piperidine rings is 1. The van der Waals surface area contributed by atoms with Crippen LogP contribution in [0.4, 0.5) is 15.9 Å². The van der Waals surface area contributed by atoms with E-state index in [-0.39, 0.29) is 0 Å². The van der Waals surface area contributed by atoms with Gasteiger partial charge in [0.05, 0.1) is 28.4 Å². The van der Waals surface area contributed by atoms with Crippen LogP contribution in [-0.2, 0) is 4.79 Å². The minimum atomic E-state index is -0.769. The lowest BCUT2D eigenvalue weighted by molar-refractivity contribution is -0.149. The summed E-state index contributed by atoms with van der Waals surface area (Å²) >= 11 is 1.35. The lowest BCUT2D eigenvalue weighted by atomic mass is 9.80. The SMILES string of the molecule is CCN(C(N)=O)c1nc2cc(-c3cnc(N4CCC(C)(C(=O)O)CC4)nc3)cc(-c3cc(OC)ncn3)c2s1. The molecule has 0 aliphatic carbocycles. The number of rotatable bonds is 7. The first-order chi connectivity index (χ1) is 18.7. The van der Waals surface area contributed by atoms with E-state index in [0.29, 0.717) is 60.6 Å². The molecule has 12 nitrogen and oxygen atoms in total. The second-order valence-corrected chi connectivity index (χ2v) is 10.5. The van der Waals surface area contributed by atoms with Crippen LogP contribution in [0.25, 0.3) is 32.6 Å². The highest BCUT2D eigenvalue weighted by atomic mass is 32.1. The number of nitrogens with zero attached hydrogens (tertiary/aromatic N) is 7. The molecule has 1 aliphatic rings. The van der Waals surface area contributed by atoms with Crippen molar-refractivity contribution >= 4 is 44.6 Å². The number of carbonyl (C=O) groups is 2. The predicted octanol–water partition coefficient (Wildman–Crippen LogP) is 3.82. The van der Waals surface area contributed by atoms with Crippen LogP contribution in [0.5, 0.6) is 5.88 Å². The summed E-state index contributed by atoms with van der Waals surface area (Å²) in [7, 11) is 1.54. The van der Waals surface area contributed by atoms with Crippen molar-refractivity contribution in [3.05, 3.63) is 36.9 Å². The zero-order valence-corrected chi connectivity index (χ0v) is 22.6. The molecule has 202 valence electrons. The summed E-state index contributed by atoms with van der Waals surface area (Å²) in [6.45, 7) is 5.15. The van der Waals surface area contributed by atoms with Gasteiger partial charge >= 0.3 is 12.0 Å². The molecule has 1 aliphatic heterocycles. The smallest absolute Gasteiger partial charge is 0.321 e. The Kier molecular flexibility index (Phi) is 7.00. The fourth-order valence-corrected chi connectivity index (χ4v) is 5.66. The van der Waals surface area contributed by atoms with Gasteiger partial charge in [-0.15, -0.1) is 0 Å². The van der Waals surface area contributed by atoms with Crippen molar-refractivity contribution < 1.29 is 19.4 Å². The molecule has 5 rings (SSSR count). The van der Waals surface area contributed by atoms with E-state index in [1.807, 2.05) is 24.0 Å². The third-order valence-electron chi connectivity index (χ3n) is 7.06. The van der Waals surface area contributed by atoms with E-state index in [9.17, 15) is 14.7 Å². The van der Waals surface area contributed by atoms with Gasteiger partial charge in [0.25, 0.3) is 0 Å². The predicted molar refractivity (Wildman–Crippen MR) is 148 cm³/mol. The molecule has 0 bridgehead atoms. The Morgan fingerprint density at radius 3 is 2.46 bits per heavy atom. The van der Waals surface area contributed by atoms with E-state index in [1.54, 1.807) is 25.4 Å². The molecule has 1 saturated heterocycles. The number of aromatic nitrogens is 5. The number of carbonyl (C=O) groups excluding carboxylic acids is 1. The summed E-state index contributed by atoms with van der Waals surface area (Å²) in [6.07, 6.45) is 5.98. The van der Waals surface area contributed by atoms with Gasteiger partial charge in [-0.2, -0.15) is 0 Å². The number of primary amides is 1. The number of thiazole rings is 1. The number of amides is 2. The number of carboxylic acids is 1. The number of anilines is 2. The fraction of sp³-hybridized carbons (Fsp3) is 0.346. The van der Waals surface area contributed by atoms with Crippen molar-refractivity contribution in [1.29, 1.82) is 0 Å². The monoisotopic (exact) mass is 548 g/mol. The van der Waals surface area contributed by atoms with E-state index >= 15 is 0 Å². The maximum Gasteiger partial charge on any atom is 0.321 e. The summed E-state index contributed by atoms with van der Waals surface area (Å²) < 4.78 is 6.14. The number of hydrogen-bond acceptors (Lipinski definition) is 10. The van der Waals surface area contributed by atoms with Crippen molar-refractivity contribution in [2.24, 2.45) is 11.1 Å². The van der Waals surface area contributed by atoms with Gasteiger partial charge < -0.3 is 20.5 Å². The molecule has 39 heavy (non-hydrogen) atoms. The van der Waals surface area contributed by atoms with Crippen molar-refractivity contribution in [3.63, 3.8) is 0 Å². The largest absolute Gasteiger partial charge is 0.481 e. The molecular formula is C26H28N8O4S. The first-order valence-electron chi connectivity index (χ1n) is 12.4. The Morgan fingerprint density at radius 2 is 1.85 bits per heavy atom. The molecule has 0 radical (unpaired) electrons. The summed E-state index contributed by atoms with van der Waals surface area (Å²) in [5, 5.41) is 9.99. The molecule has 0 unspecified atom stereocenters. The number of methoxy groups -OCH3 is 1. The number of fused-ring (bicyclic) bond motifs is 1. The quantitative estimate of drug-likeness (QED) is 0.347. The maximum atomic E-state index is 12.0. The van der Waals surface area contributed by atoms with E-state index < -0.39 is 17.4 Å². The molecule has 0 atom stereocenters. The summed E-state index contributed by atoms with van der Waals surface area (Å²) in [6, 6.07) is 5.06. The average molecular weight is 549 g/mol. The van der Waals surface area contributed by atoms with Gasteiger partial charge in [-0.1, -0.05) is 11.3 Å². The third kappa shape index (κ3) is 5.04. The Labute approximate surface area is 228 Å². The van der Waals surface area contributed by atoms with Gasteiger partial charge in [-0.05, 0) is 44.4 Å². The highest BCUT2D eigenvalue weighted by Crippen LogP contribution is 2.40. The first kappa shape index (κ1) is 26.2. The molecule has 2 amide bonds. The summed E-state index contributed by atoms with van der Waals surface area (Å²) in [4.78, 5) is 49.4. The number of ether oxygens (including phenoxy) is 1. The van der Waals surface area contributed by atoms with Crippen LogP contribution in [0.2, 0.25) is 0 Å². The Hall–Kier alpha value is -4.39. The molecule has 1 aromatic carbocycles. The van der Waals surface area contributed by atoms with E-state index in [1.165, 1.54) is 29.7 Å². The maximum absolute atomic E-state index is 12.0. The van der Waals surface area contributed by atoms with Gasteiger partial charge in [0.15, 0.2) is 5.13 Å². The Bertz CT molecular complexity index is 1530. The molecule has 1 fully saturated rings. The van der Waals surface area contributed by atoms with Crippen molar-refractivity contribution in [2.75, 3.05) is 36.5 Å². The van der Waals surface area contributed by atoms with Crippen LogP contribution >= 0.6 is 11.3 Å². The van der Waals surface area contributed by atoms with Gasteiger partial charge in [-0.3, -0.25) is 9.69 Å². The van der Waals surface area contributed by atoms with Crippen LogP contribution in [-0.4, -0.2) is 68.8 Å². The van der Waals surface area contributed by atoms with Crippen LogP contribution in [0, 0.1) is 5.41 Å². The van der Waals surface area contributed by atoms with Gasteiger partial charge in [0.2, 0.25) is 11.8 Å². The minimum absolute atomic E-state index is 0.385. The lowest BCUT2D eigenvalue weighted by Crippen LogP contribution is -2.43. The molecule has 4 aromatic rings. The number of aliphatic carboxylic acids is 1. The molecule has 13 heteroatoms. The van der Waals surface area contributed by atoms with Gasteiger partial charge in [-0.25, -0.2) is 29.7 Å². The van der Waals surface area contributed by atoms with Crippen LogP contribution in [0.1, 0.15) is 26.7 Å². The molecular weight excluding hydrogens is 520 g/mol. The molecule has 4 heterocycles. The Morgan fingerprint density at radius 1 is 1.13 bits per heavy atom. The summed E-state index contributed by atoms with van der Waals surface area (Å²) in [5.41, 5.74) is 8.55. The van der Waals surface area contributed by atoms with E-state index in [4.69, 9.17) is 15.5 Å². The number of carboxylic acid groups (broad SMARTS) is 1. The van der Waals surface area contributed by atoms with E-state index in [2.05, 4.69) is 19.9 Å².